The first-order valence-corrected chi connectivity index (χ1v) is 20.2. The van der Waals surface area contributed by atoms with Crippen LogP contribution in [0, 0.1) is 0 Å². The first-order chi connectivity index (χ1) is 29.9. The minimum Gasteiger partial charge on any atom is -0.412 e. The number of nitrogens with one attached hydrogen (secondary N) is 2. The molecule has 2 aromatic carbocycles. The Morgan fingerprint density at radius 1 is 0.662 bits per heavy atom. The van der Waals surface area contributed by atoms with Gasteiger partial charge in [0.1, 0.15) is 37.8 Å². The number of nitrogens with zero attached hydrogens (tertiary/aromatic N) is 8. The van der Waals surface area contributed by atoms with Gasteiger partial charge in [0.2, 0.25) is 23.6 Å². The molecule has 2 saturated carbocycles. The van der Waals surface area contributed by atoms with Gasteiger partial charge < -0.3 is 42.9 Å². The van der Waals surface area contributed by atoms with Crippen LogP contribution < -0.4 is 22.1 Å². The summed E-state index contributed by atoms with van der Waals surface area (Å²) in [5.74, 6) is -1.57. The van der Waals surface area contributed by atoms with Crippen LogP contribution in [-0.4, -0.2) is 111 Å². The fourth-order valence-electron chi connectivity index (χ4n) is 6.97. The molecule has 21 heteroatoms. The topological polar surface area (TPSA) is 309 Å². The van der Waals surface area contributed by atoms with Crippen molar-refractivity contribution in [1.29, 1.82) is 0 Å². The Morgan fingerprint density at radius 2 is 1.09 bits per heavy atom. The van der Waals surface area contributed by atoms with Crippen LogP contribution in [0.25, 0.3) is 27.9 Å². The van der Waals surface area contributed by atoms with Crippen LogP contribution >= 0.6 is 0 Å². The number of carbonyl (C=O) groups excluding carboxylic acids is 6. The molecule has 0 saturated heterocycles. The maximum absolute atomic E-state index is 13.1. The fraction of sp³-hybridized carbons (Fsp3) is 0.273. The van der Waals surface area contributed by atoms with Crippen LogP contribution in [0.5, 0.6) is 0 Å². The predicted molar refractivity (Wildman–Crippen MR) is 238 cm³/mol. The van der Waals surface area contributed by atoms with E-state index in [0.29, 0.717) is 39.1 Å². The molecule has 2 fully saturated rings. The number of pyridine rings is 2. The molecule has 0 aliphatic heterocycles. The molecule has 8 rings (SSSR count). The number of primary amides is 2. The summed E-state index contributed by atoms with van der Waals surface area (Å²) in [4.78, 5) is 86.4. The van der Waals surface area contributed by atoms with E-state index in [4.69, 9.17) is 11.5 Å². The second-order valence-electron chi connectivity index (χ2n) is 14.9. The van der Waals surface area contributed by atoms with Crippen molar-refractivity contribution >= 4 is 75.0 Å². The zero-order valence-corrected chi connectivity index (χ0v) is 36.9. The van der Waals surface area contributed by atoms with Crippen molar-refractivity contribution in [2.45, 2.75) is 64.2 Å². The smallest absolute Gasteiger partial charge is 0.269 e. The van der Waals surface area contributed by atoms with Gasteiger partial charge in [0.15, 0.2) is 11.4 Å². The fourth-order valence-corrected chi connectivity index (χ4v) is 6.97. The molecule has 0 radical (unpaired) electrons. The van der Waals surface area contributed by atoms with Crippen molar-refractivity contribution in [3.63, 3.8) is 0 Å². The number of anilines is 2. The van der Waals surface area contributed by atoms with Gasteiger partial charge in [-0.25, -0.2) is 9.97 Å². The van der Waals surface area contributed by atoms with Crippen molar-refractivity contribution in [2.75, 3.05) is 23.7 Å². The summed E-state index contributed by atoms with van der Waals surface area (Å²) in [6.45, 7) is 5.32. The zero-order chi connectivity index (χ0) is 43.9. The maximum atomic E-state index is 13.1. The molecular weight excluding hydrogens is 931 g/mol. The summed E-state index contributed by atoms with van der Waals surface area (Å²) in [6, 6.07) is 24.9. The summed E-state index contributed by atoms with van der Waals surface area (Å²) in [5.41, 5.74) is 13.9. The van der Waals surface area contributed by atoms with Crippen LogP contribution in [0.1, 0.15) is 65.0 Å². The van der Waals surface area contributed by atoms with E-state index in [2.05, 4.69) is 37.4 Å². The summed E-state index contributed by atoms with van der Waals surface area (Å²) >= 11 is 0. The summed E-state index contributed by atoms with van der Waals surface area (Å²) in [7, 11) is 0. The van der Waals surface area contributed by atoms with E-state index in [9.17, 15) is 28.8 Å². The SMILES string of the molecule is C=Cc1cccc(NC(=O)CN(C(=O)Cn2nc(C(N)=O)c3ccccc32)C2CC2)n1.CCc1cccc(NC(=O)CN(C(=O)Cn2nc(C(N)=O)c3ccccc32)C2CC2)n1.O.O.[Pd]. The van der Waals surface area contributed by atoms with Crippen molar-refractivity contribution < 1.29 is 60.1 Å². The van der Waals surface area contributed by atoms with E-state index < -0.39 is 11.8 Å². The van der Waals surface area contributed by atoms with Gasteiger partial charge in [0, 0.05) is 49.0 Å². The molecule has 344 valence electrons. The maximum Gasteiger partial charge on any atom is 0.269 e. The number of hydrogen-bond acceptors (Lipinski definition) is 10. The minimum absolute atomic E-state index is 0. The monoisotopic (exact) mass is 980 g/mol. The average Bonchev–Trinajstić information content (AvgIpc) is 4.21. The first kappa shape index (κ1) is 50.5. The third-order valence-electron chi connectivity index (χ3n) is 10.3. The van der Waals surface area contributed by atoms with Gasteiger partial charge >= 0.3 is 0 Å². The second kappa shape index (κ2) is 22.4. The molecule has 20 nitrogen and oxygen atoms in total. The average molecular weight is 981 g/mol. The number of benzene rings is 2. The molecule has 65 heavy (non-hydrogen) atoms. The van der Waals surface area contributed by atoms with Crippen molar-refractivity contribution in [3.05, 3.63) is 114 Å². The molecule has 6 aromatic rings. The van der Waals surface area contributed by atoms with Gasteiger partial charge in [-0.15, -0.1) is 0 Å². The molecule has 4 aromatic heterocycles. The Morgan fingerprint density at radius 3 is 1.51 bits per heavy atom. The molecule has 2 aliphatic rings. The predicted octanol–water partition coefficient (Wildman–Crippen LogP) is 1.87. The summed E-state index contributed by atoms with van der Waals surface area (Å²) < 4.78 is 2.93. The van der Waals surface area contributed by atoms with Crippen LogP contribution in [0.15, 0.2) is 91.5 Å². The molecule has 2 aliphatic carbocycles. The zero-order valence-electron chi connectivity index (χ0n) is 35.4. The largest absolute Gasteiger partial charge is 0.412 e. The second-order valence-corrected chi connectivity index (χ2v) is 14.9. The molecule has 0 bridgehead atoms. The molecular formula is C44H50N12O8Pd. The molecule has 6 amide bonds. The Balaban J connectivity index is 0.000000272. The minimum atomic E-state index is -0.657. The Labute approximate surface area is 386 Å². The number of carbonyl (C=O) groups is 6. The standard InChI is InChI=1S/C22H24N6O3.C22H22N6O3.2H2O.Pd/c2*1-2-14-6-5-9-18(24-14)25-19(29)12-27(15-10-11-15)20(30)13-28-17-8-4-3-7-16(17)21(26-28)22(23)31;;;/h3-9,15H,2,10-13H2,1H3,(H2,23,31)(H,24,25,29);2-9,15H,1,10-13H2,(H2,23,31)(H,24,25,29);2*1H2;. The number of rotatable bonds is 16. The number of hydrogen-bond donors (Lipinski definition) is 4. The number of amides is 6. The number of nitrogens with two attached hydrogens (primary N) is 2. The molecule has 4 heterocycles. The van der Waals surface area contributed by atoms with Crippen molar-refractivity contribution in [2.24, 2.45) is 11.5 Å². The number of aryl methyl sites for hydroxylation is 1. The van der Waals surface area contributed by atoms with Gasteiger partial charge in [0.05, 0.1) is 16.7 Å². The number of fused-ring (bicyclic) bond motifs is 2. The first-order valence-electron chi connectivity index (χ1n) is 20.2. The van der Waals surface area contributed by atoms with E-state index in [1.165, 1.54) is 9.36 Å². The Hall–Kier alpha value is -7.18. The number of aromatic nitrogens is 6. The van der Waals surface area contributed by atoms with Gasteiger partial charge in [-0.05, 0) is 74.6 Å². The third-order valence-corrected chi connectivity index (χ3v) is 10.3. The van der Waals surface area contributed by atoms with Gasteiger partial charge in [-0.3, -0.25) is 38.1 Å². The van der Waals surface area contributed by atoms with Crippen molar-refractivity contribution in [1.82, 2.24) is 39.3 Å². The molecule has 0 spiro atoms. The number of para-hydroxylation sites is 2. The quantitative estimate of drug-likeness (QED) is 0.102. The van der Waals surface area contributed by atoms with E-state index in [1.54, 1.807) is 88.7 Å². The Kier molecular flexibility index (Phi) is 17.4. The van der Waals surface area contributed by atoms with Gasteiger partial charge in [-0.2, -0.15) is 10.2 Å². The summed E-state index contributed by atoms with van der Waals surface area (Å²) in [5, 5.41) is 15.2. The molecule has 10 N–H and O–H groups in total. The normalized spacial score (nSPS) is 12.5. The Bertz CT molecular complexity index is 2710. The molecule has 0 unspecified atom stereocenters. The van der Waals surface area contributed by atoms with Crippen LogP contribution in [0.3, 0.4) is 0 Å². The van der Waals surface area contributed by atoms with Crippen LogP contribution in [0.4, 0.5) is 11.6 Å². The van der Waals surface area contributed by atoms with Gasteiger partial charge in [-0.1, -0.05) is 62.0 Å². The van der Waals surface area contributed by atoms with Crippen molar-refractivity contribution in [3.8, 4) is 0 Å². The van der Waals surface area contributed by atoms with E-state index >= 15 is 0 Å². The van der Waals surface area contributed by atoms with E-state index in [1.807, 2.05) is 19.1 Å². The third kappa shape index (κ3) is 12.5. The summed E-state index contributed by atoms with van der Waals surface area (Å²) in [6.07, 6.45) is 5.75. The van der Waals surface area contributed by atoms with E-state index in [0.717, 1.165) is 37.8 Å². The van der Waals surface area contributed by atoms with Crippen LogP contribution in [-0.2, 0) is 59.1 Å². The van der Waals surface area contributed by atoms with Gasteiger partial charge in [0.25, 0.3) is 11.8 Å². The molecule has 0 atom stereocenters. The van der Waals surface area contributed by atoms with Crippen LogP contribution in [0.2, 0.25) is 0 Å². The van der Waals surface area contributed by atoms with E-state index in [-0.39, 0.29) is 105 Å².